The minimum absolute atomic E-state index is 0.0492. The largest absolute Gasteiger partial charge is 0.462 e. The second-order valence-corrected chi connectivity index (χ2v) is 12.4. The molecule has 11 atom stereocenters. The maximum atomic E-state index is 13.0. The maximum Gasteiger partial charge on any atom is 0.341 e. The van der Waals surface area contributed by atoms with E-state index in [1.54, 1.807) is 27.7 Å². The van der Waals surface area contributed by atoms with E-state index in [1.807, 2.05) is 0 Å². The predicted molar refractivity (Wildman–Crippen MR) is 147 cm³/mol. The summed E-state index contributed by atoms with van der Waals surface area (Å²) in [6, 6.07) is 0. The Balaban J connectivity index is 2.48. The van der Waals surface area contributed by atoms with Crippen molar-refractivity contribution in [3.63, 3.8) is 0 Å². The second kappa shape index (κ2) is 12.5. The number of ether oxygens (including phenoxy) is 5. The van der Waals surface area contributed by atoms with E-state index in [0.29, 0.717) is 12.0 Å². The minimum atomic E-state index is -2.64. The molecule has 13 heteroatoms. The number of rotatable bonds is 6. The molecule has 1 saturated carbocycles. The van der Waals surface area contributed by atoms with Gasteiger partial charge in [0, 0.05) is 46.0 Å². The van der Waals surface area contributed by atoms with E-state index >= 15 is 0 Å². The molecule has 3 aliphatic rings. The third-order valence-corrected chi connectivity index (χ3v) is 9.19. The Morgan fingerprint density at radius 2 is 1.53 bits per heavy atom. The highest BCUT2D eigenvalue weighted by molar-refractivity contribution is 5.84. The van der Waals surface area contributed by atoms with Crippen LogP contribution in [0.3, 0.4) is 0 Å². The zero-order chi connectivity index (χ0) is 32.7. The first-order valence-electron chi connectivity index (χ1n) is 14.5. The second-order valence-electron chi connectivity index (χ2n) is 12.4. The quantitative estimate of drug-likeness (QED) is 0.221. The van der Waals surface area contributed by atoms with Crippen LogP contribution in [-0.2, 0) is 47.7 Å². The molecule has 1 aliphatic heterocycles. The molecule has 0 unspecified atom stereocenters. The number of fused-ring (bicyclic) bond motifs is 2. The number of carbonyl (C=O) groups is 5. The Morgan fingerprint density at radius 1 is 0.977 bits per heavy atom. The van der Waals surface area contributed by atoms with Crippen LogP contribution in [-0.4, -0.2) is 93.0 Å². The van der Waals surface area contributed by atoms with Gasteiger partial charge in [-0.15, -0.1) is 0 Å². The molecule has 0 bridgehead atoms. The van der Waals surface area contributed by atoms with Gasteiger partial charge in [0.05, 0.1) is 11.5 Å². The lowest BCUT2D eigenvalue weighted by Gasteiger charge is -2.59. The van der Waals surface area contributed by atoms with E-state index < -0.39 is 94.9 Å². The Bertz CT molecular complexity index is 1160. The summed E-state index contributed by atoms with van der Waals surface area (Å²) >= 11 is 0. The predicted octanol–water partition coefficient (Wildman–Crippen LogP) is 1.27. The lowest BCUT2D eigenvalue weighted by atomic mass is 9.52. The van der Waals surface area contributed by atoms with Crippen molar-refractivity contribution in [3.05, 3.63) is 11.6 Å². The maximum absolute atomic E-state index is 13.0. The van der Waals surface area contributed by atoms with Crippen LogP contribution in [0, 0.1) is 17.3 Å². The van der Waals surface area contributed by atoms with E-state index in [0.717, 1.165) is 27.7 Å². The normalized spacial score (nSPS) is 42.2. The fourth-order valence-electron chi connectivity index (χ4n) is 7.10. The molecule has 1 heterocycles. The third-order valence-electron chi connectivity index (χ3n) is 9.19. The standard InChI is InChI=1S/C30H44O13/c1-9-10-23(35)42-20-11-14(2)12-22-30(38,29(8,37)27(36)43-22)26(41-18(6)33)24-15(3)19(34)13-21(39-16(4)31)28(24,7)25(20)40-17(5)32/h12,15,19-22,24-26,34,37-38H,9-11,13H2,1-8H3/b14-12-/t15-,19-,20-,21-,22-,24+,25-,26-,28-,29-,30+/m0/s1. The summed E-state index contributed by atoms with van der Waals surface area (Å²) in [5.74, 6) is -6.39. The number of hydrogen-bond donors (Lipinski definition) is 3. The van der Waals surface area contributed by atoms with E-state index in [4.69, 9.17) is 23.7 Å². The molecule has 43 heavy (non-hydrogen) atoms. The third kappa shape index (κ3) is 6.16. The van der Waals surface area contributed by atoms with Crippen LogP contribution in [0.25, 0.3) is 0 Å². The zero-order valence-corrected chi connectivity index (χ0v) is 25.9. The Labute approximate surface area is 250 Å². The summed E-state index contributed by atoms with van der Waals surface area (Å²) in [5.41, 5.74) is -6.51. The van der Waals surface area contributed by atoms with Crippen molar-refractivity contribution < 1.29 is 63.0 Å². The SMILES string of the molecule is CCCC(=O)O[C@H]1C/C(C)=C\[C@@H]2OC(=O)[C@](C)(O)[C@]2(O)[C@@H](OC(C)=O)[C@H]2[C@@H](C)[C@@H](O)C[C@H](OC(C)=O)[C@]2(C)[C@H]1OC(C)=O. The van der Waals surface area contributed by atoms with Crippen LogP contribution in [0.1, 0.15) is 81.1 Å². The fourth-order valence-corrected chi connectivity index (χ4v) is 7.10. The topological polar surface area (TPSA) is 192 Å². The van der Waals surface area contributed by atoms with E-state index in [2.05, 4.69) is 0 Å². The first-order chi connectivity index (χ1) is 19.8. The van der Waals surface area contributed by atoms with Gasteiger partial charge in [0.1, 0.15) is 24.4 Å². The molecule has 3 N–H and O–H groups in total. The fraction of sp³-hybridized carbons (Fsp3) is 0.767. The Kier molecular flexibility index (Phi) is 10.0. The number of hydrogen-bond acceptors (Lipinski definition) is 13. The lowest BCUT2D eigenvalue weighted by Crippen LogP contribution is -2.73. The number of aliphatic hydroxyl groups excluding tert-OH is 1. The summed E-state index contributed by atoms with van der Waals surface area (Å²) < 4.78 is 28.8. The molecule has 2 fully saturated rings. The molecule has 2 aliphatic carbocycles. The molecule has 0 amide bonds. The lowest BCUT2D eigenvalue weighted by molar-refractivity contribution is -0.272. The summed E-state index contributed by atoms with van der Waals surface area (Å²) in [7, 11) is 0. The minimum Gasteiger partial charge on any atom is -0.462 e. The highest BCUT2D eigenvalue weighted by Gasteiger charge is 2.74. The number of aliphatic hydroxyl groups is 3. The van der Waals surface area contributed by atoms with Gasteiger partial charge in [0.15, 0.2) is 17.3 Å². The molecular weight excluding hydrogens is 568 g/mol. The molecule has 0 radical (unpaired) electrons. The molecule has 3 rings (SSSR count). The average Bonchev–Trinajstić information content (AvgIpc) is 3.03. The Hall–Kier alpha value is -3.03. The molecule has 13 nitrogen and oxygen atoms in total. The van der Waals surface area contributed by atoms with E-state index in [-0.39, 0.29) is 19.3 Å². The first-order valence-corrected chi connectivity index (χ1v) is 14.5. The van der Waals surface area contributed by atoms with Gasteiger partial charge in [-0.05, 0) is 32.3 Å². The van der Waals surface area contributed by atoms with Gasteiger partial charge >= 0.3 is 29.8 Å². The highest BCUT2D eigenvalue weighted by atomic mass is 16.6. The monoisotopic (exact) mass is 612 g/mol. The van der Waals surface area contributed by atoms with Crippen LogP contribution in [0.2, 0.25) is 0 Å². The van der Waals surface area contributed by atoms with Gasteiger partial charge < -0.3 is 39.0 Å². The molecule has 0 spiro atoms. The molecule has 0 aromatic rings. The van der Waals surface area contributed by atoms with Gasteiger partial charge in [-0.25, -0.2) is 4.79 Å². The molecule has 1 saturated heterocycles. The van der Waals surface area contributed by atoms with Crippen molar-refractivity contribution in [2.45, 2.75) is 129 Å². The zero-order valence-electron chi connectivity index (χ0n) is 25.9. The van der Waals surface area contributed by atoms with Gasteiger partial charge in [0.2, 0.25) is 0 Å². The van der Waals surface area contributed by atoms with Crippen molar-refractivity contribution in [3.8, 4) is 0 Å². The molecule has 242 valence electrons. The Morgan fingerprint density at radius 3 is 2.07 bits per heavy atom. The van der Waals surface area contributed by atoms with E-state index in [9.17, 15) is 39.3 Å². The van der Waals surface area contributed by atoms with Crippen LogP contribution in [0.4, 0.5) is 0 Å². The van der Waals surface area contributed by atoms with Crippen molar-refractivity contribution in [2.24, 2.45) is 17.3 Å². The van der Waals surface area contributed by atoms with Crippen LogP contribution < -0.4 is 0 Å². The molecular formula is C30H44O13. The van der Waals surface area contributed by atoms with E-state index in [1.165, 1.54) is 6.08 Å². The van der Waals surface area contributed by atoms with Gasteiger partial charge in [-0.2, -0.15) is 0 Å². The summed E-state index contributed by atoms with van der Waals surface area (Å²) in [6.07, 6.45) is -6.77. The van der Waals surface area contributed by atoms with Crippen LogP contribution in [0.5, 0.6) is 0 Å². The number of carbonyl (C=O) groups excluding carboxylic acids is 5. The summed E-state index contributed by atoms with van der Waals surface area (Å²) in [5, 5.41) is 35.2. The molecule has 0 aromatic carbocycles. The first kappa shape index (κ1) is 34.5. The number of esters is 5. The van der Waals surface area contributed by atoms with Gasteiger partial charge in [0.25, 0.3) is 0 Å². The van der Waals surface area contributed by atoms with Crippen molar-refractivity contribution in [1.29, 1.82) is 0 Å². The van der Waals surface area contributed by atoms with Gasteiger partial charge in [-0.3, -0.25) is 19.2 Å². The highest BCUT2D eigenvalue weighted by Crippen LogP contribution is 2.57. The van der Waals surface area contributed by atoms with Crippen molar-refractivity contribution >= 4 is 29.8 Å². The van der Waals surface area contributed by atoms with Crippen molar-refractivity contribution in [1.82, 2.24) is 0 Å². The summed E-state index contributed by atoms with van der Waals surface area (Å²) in [4.78, 5) is 63.7. The summed E-state index contributed by atoms with van der Waals surface area (Å²) in [6.45, 7) is 10.9. The molecule has 0 aromatic heterocycles. The van der Waals surface area contributed by atoms with Crippen LogP contribution in [0.15, 0.2) is 11.6 Å². The van der Waals surface area contributed by atoms with Gasteiger partial charge in [-0.1, -0.05) is 26.3 Å². The average molecular weight is 613 g/mol. The smallest absolute Gasteiger partial charge is 0.341 e. The van der Waals surface area contributed by atoms with Crippen molar-refractivity contribution in [2.75, 3.05) is 0 Å². The van der Waals surface area contributed by atoms with Crippen LogP contribution >= 0.6 is 0 Å².